The molecule has 3 rings (SSSR count). The maximum atomic E-state index is 12.8. The number of amides is 4. The number of carbonyl (C=O) groups is 4. The number of benzene rings is 1. The highest BCUT2D eigenvalue weighted by atomic mass is 79.9. The van der Waals surface area contributed by atoms with Crippen molar-refractivity contribution in [3.63, 3.8) is 0 Å². The largest absolute Gasteiger partial charge is 0.443 e. The van der Waals surface area contributed by atoms with Crippen molar-refractivity contribution < 1.29 is 23.9 Å². The summed E-state index contributed by atoms with van der Waals surface area (Å²) in [6, 6.07) is 4.41. The van der Waals surface area contributed by atoms with E-state index in [1.54, 1.807) is 32.9 Å². The van der Waals surface area contributed by atoms with E-state index in [1.165, 1.54) is 4.90 Å². The first-order chi connectivity index (χ1) is 12.1. The van der Waals surface area contributed by atoms with Gasteiger partial charge in [0.15, 0.2) is 0 Å². The Bertz CT molecular complexity index is 814. The number of hydrogen-bond acceptors (Lipinski definition) is 5. The van der Waals surface area contributed by atoms with Crippen molar-refractivity contribution in [2.45, 2.75) is 51.8 Å². The van der Waals surface area contributed by atoms with Gasteiger partial charge in [0, 0.05) is 23.0 Å². The first-order valence-electron chi connectivity index (χ1n) is 8.28. The normalized spacial score (nSPS) is 20.5. The van der Waals surface area contributed by atoms with E-state index in [0.717, 1.165) is 10.0 Å². The molecule has 1 fully saturated rings. The van der Waals surface area contributed by atoms with E-state index in [1.807, 2.05) is 6.07 Å². The first-order valence-corrected chi connectivity index (χ1v) is 9.07. The topological polar surface area (TPSA) is 84.0 Å². The van der Waals surface area contributed by atoms with Gasteiger partial charge in [-0.25, -0.2) is 4.79 Å². The Labute approximate surface area is 159 Å². The fraction of sp³-hybridized carbons (Fsp3) is 0.444. The molecule has 1 atom stereocenters. The van der Waals surface area contributed by atoms with Gasteiger partial charge in [-0.3, -0.25) is 14.4 Å². The summed E-state index contributed by atoms with van der Waals surface area (Å²) in [7, 11) is 0. The summed E-state index contributed by atoms with van der Waals surface area (Å²) in [5, 5.41) is 0. The summed E-state index contributed by atoms with van der Waals surface area (Å²) < 4.78 is 5.96. The van der Waals surface area contributed by atoms with E-state index < -0.39 is 29.6 Å². The second-order valence-corrected chi connectivity index (χ2v) is 8.16. The summed E-state index contributed by atoms with van der Waals surface area (Å²) in [6.07, 6.45) is -0.812. The molecule has 1 aromatic carbocycles. The van der Waals surface area contributed by atoms with Gasteiger partial charge in [-0.15, -0.1) is 0 Å². The molecule has 0 aromatic heterocycles. The Morgan fingerprint density at radius 3 is 2.54 bits per heavy atom. The molecule has 1 saturated heterocycles. The van der Waals surface area contributed by atoms with Crippen molar-refractivity contribution in [3.8, 4) is 0 Å². The molecular weight excluding hydrogens is 404 g/mol. The zero-order chi connectivity index (χ0) is 19.2. The highest BCUT2D eigenvalue weighted by Crippen LogP contribution is 2.33. The van der Waals surface area contributed by atoms with Crippen LogP contribution < -0.4 is 0 Å². The van der Waals surface area contributed by atoms with Crippen LogP contribution in [0.2, 0.25) is 0 Å². The number of piperidine rings is 1. The quantitative estimate of drug-likeness (QED) is 0.649. The fourth-order valence-corrected chi connectivity index (χ4v) is 3.62. The van der Waals surface area contributed by atoms with E-state index >= 15 is 0 Å². The number of rotatable bonds is 1. The van der Waals surface area contributed by atoms with Crippen molar-refractivity contribution in [1.82, 2.24) is 9.80 Å². The molecular formula is C18H19BrN2O5. The summed E-state index contributed by atoms with van der Waals surface area (Å²) >= 11 is 3.42. The van der Waals surface area contributed by atoms with Crippen LogP contribution >= 0.6 is 15.9 Å². The van der Waals surface area contributed by atoms with E-state index in [-0.39, 0.29) is 25.3 Å². The number of likely N-dealkylation sites (tertiary alicyclic amines) is 1. The number of halogens is 1. The molecule has 0 aliphatic carbocycles. The van der Waals surface area contributed by atoms with Crippen LogP contribution in [0.15, 0.2) is 22.7 Å². The molecule has 2 heterocycles. The average Bonchev–Trinajstić information content (AvgIpc) is 2.84. The molecule has 1 unspecified atom stereocenters. The predicted molar refractivity (Wildman–Crippen MR) is 95.1 cm³/mol. The lowest BCUT2D eigenvalue weighted by atomic mass is 10.0. The third kappa shape index (κ3) is 3.25. The Kier molecular flexibility index (Phi) is 4.64. The molecule has 0 spiro atoms. The van der Waals surface area contributed by atoms with Crippen molar-refractivity contribution in [3.05, 3.63) is 33.8 Å². The second kappa shape index (κ2) is 6.50. The molecule has 4 amide bonds. The molecule has 0 radical (unpaired) electrons. The standard InChI is InChI=1S/C18H19BrN2O5/c1-18(2,3)26-17(25)21-14(22)8-7-13(16(21)24)20-9-11-10(15(20)23)5-4-6-12(11)19/h4-6,13H,7-9H2,1-3H3. The number of carbonyl (C=O) groups excluding carboxylic acids is 4. The van der Waals surface area contributed by atoms with Gasteiger partial charge >= 0.3 is 6.09 Å². The van der Waals surface area contributed by atoms with Crippen LogP contribution in [0.1, 0.15) is 49.5 Å². The fourth-order valence-electron chi connectivity index (χ4n) is 3.12. The summed E-state index contributed by atoms with van der Waals surface area (Å²) in [4.78, 5) is 51.9. The van der Waals surface area contributed by atoms with Crippen molar-refractivity contribution in [2.75, 3.05) is 0 Å². The maximum absolute atomic E-state index is 12.8. The highest BCUT2D eigenvalue weighted by Gasteiger charge is 2.46. The van der Waals surface area contributed by atoms with E-state index in [4.69, 9.17) is 4.74 Å². The van der Waals surface area contributed by atoms with Gasteiger partial charge < -0.3 is 9.64 Å². The summed E-state index contributed by atoms with van der Waals surface area (Å²) in [5.74, 6) is -1.60. The number of fused-ring (bicyclic) bond motifs is 1. The van der Waals surface area contributed by atoms with Crippen LogP contribution in [0.5, 0.6) is 0 Å². The lowest BCUT2D eigenvalue weighted by Gasteiger charge is -2.35. The van der Waals surface area contributed by atoms with Crippen molar-refractivity contribution in [1.29, 1.82) is 0 Å². The predicted octanol–water partition coefficient (Wildman–Crippen LogP) is 2.86. The maximum Gasteiger partial charge on any atom is 0.424 e. The molecule has 0 bridgehead atoms. The van der Waals surface area contributed by atoms with Crippen LogP contribution in [-0.4, -0.2) is 45.3 Å². The van der Waals surface area contributed by atoms with Gasteiger partial charge in [0.25, 0.3) is 11.8 Å². The van der Waals surface area contributed by atoms with Crippen LogP contribution in [0, 0.1) is 0 Å². The molecule has 2 aliphatic heterocycles. The number of imide groups is 3. The van der Waals surface area contributed by atoms with Gasteiger partial charge in [-0.05, 0) is 44.9 Å². The van der Waals surface area contributed by atoms with Gasteiger partial charge in [0.1, 0.15) is 11.6 Å². The molecule has 2 aliphatic rings. The Morgan fingerprint density at radius 1 is 1.23 bits per heavy atom. The lowest BCUT2D eigenvalue weighted by molar-refractivity contribution is -0.150. The summed E-state index contributed by atoms with van der Waals surface area (Å²) in [6.45, 7) is 5.21. The van der Waals surface area contributed by atoms with Crippen LogP contribution in [0.4, 0.5) is 4.79 Å². The Morgan fingerprint density at radius 2 is 1.92 bits per heavy atom. The number of hydrogen-bond donors (Lipinski definition) is 0. The second-order valence-electron chi connectivity index (χ2n) is 7.30. The SMILES string of the molecule is CC(C)(C)OC(=O)N1C(=O)CCC(N2Cc3c(Br)cccc3C2=O)C1=O. The minimum Gasteiger partial charge on any atom is -0.443 e. The monoisotopic (exact) mass is 422 g/mol. The lowest BCUT2D eigenvalue weighted by Crippen LogP contribution is -2.57. The molecule has 138 valence electrons. The van der Waals surface area contributed by atoms with E-state index in [0.29, 0.717) is 10.5 Å². The van der Waals surface area contributed by atoms with Crippen LogP contribution in [0.25, 0.3) is 0 Å². The van der Waals surface area contributed by atoms with Crippen LogP contribution in [-0.2, 0) is 20.9 Å². The summed E-state index contributed by atoms with van der Waals surface area (Å²) in [5.41, 5.74) is 0.480. The Hall–Kier alpha value is -2.22. The van der Waals surface area contributed by atoms with Crippen molar-refractivity contribution in [2.24, 2.45) is 0 Å². The van der Waals surface area contributed by atoms with Gasteiger partial charge in [-0.1, -0.05) is 22.0 Å². The van der Waals surface area contributed by atoms with Crippen molar-refractivity contribution >= 4 is 39.7 Å². The first kappa shape index (κ1) is 18.6. The van der Waals surface area contributed by atoms with E-state index in [2.05, 4.69) is 15.9 Å². The minimum atomic E-state index is -0.998. The van der Waals surface area contributed by atoms with Gasteiger partial charge in [-0.2, -0.15) is 4.90 Å². The molecule has 7 nitrogen and oxygen atoms in total. The molecule has 26 heavy (non-hydrogen) atoms. The minimum absolute atomic E-state index is 0.00303. The molecule has 1 aromatic rings. The zero-order valence-corrected chi connectivity index (χ0v) is 16.3. The van der Waals surface area contributed by atoms with Crippen LogP contribution in [0.3, 0.4) is 0 Å². The molecule has 8 heteroatoms. The zero-order valence-electron chi connectivity index (χ0n) is 14.7. The number of ether oxygens (including phenoxy) is 1. The van der Waals surface area contributed by atoms with Gasteiger partial charge in [0.05, 0.1) is 0 Å². The number of nitrogens with zero attached hydrogens (tertiary/aromatic N) is 2. The molecule has 0 saturated carbocycles. The smallest absolute Gasteiger partial charge is 0.424 e. The highest BCUT2D eigenvalue weighted by molar-refractivity contribution is 9.10. The van der Waals surface area contributed by atoms with Gasteiger partial charge in [0.2, 0.25) is 5.91 Å². The molecule has 0 N–H and O–H groups in total. The third-order valence-corrected chi connectivity index (χ3v) is 5.02. The third-order valence-electron chi connectivity index (χ3n) is 4.28. The average molecular weight is 423 g/mol. The Balaban J connectivity index is 1.85. The van der Waals surface area contributed by atoms with E-state index in [9.17, 15) is 19.2 Å².